The van der Waals surface area contributed by atoms with Crippen LogP contribution in [0.2, 0.25) is 0 Å². The number of H-pyrrole nitrogens is 1. The molecule has 0 saturated carbocycles. The minimum atomic E-state index is -0.101. The van der Waals surface area contributed by atoms with Gasteiger partial charge in [-0.1, -0.05) is 37.2 Å². The average molecular weight is 338 g/mol. The zero-order valence-electron chi connectivity index (χ0n) is 14.6. The van der Waals surface area contributed by atoms with Gasteiger partial charge >= 0.3 is 0 Å². The summed E-state index contributed by atoms with van der Waals surface area (Å²) in [5.74, 6) is 1.27. The molecule has 1 aliphatic heterocycles. The molecule has 2 aromatic heterocycles. The molecule has 1 fully saturated rings. The van der Waals surface area contributed by atoms with E-state index in [0.717, 1.165) is 42.3 Å². The number of benzene rings is 1. The molecular weight excluding hydrogens is 316 g/mol. The van der Waals surface area contributed by atoms with Gasteiger partial charge in [0.05, 0.1) is 11.6 Å². The molecule has 25 heavy (non-hydrogen) atoms. The summed E-state index contributed by atoms with van der Waals surface area (Å²) >= 11 is 0. The van der Waals surface area contributed by atoms with Gasteiger partial charge in [0.2, 0.25) is 5.89 Å². The van der Waals surface area contributed by atoms with E-state index in [1.54, 1.807) is 0 Å². The van der Waals surface area contributed by atoms with E-state index in [9.17, 15) is 4.79 Å². The molecular formula is C19H22N4O2. The van der Waals surface area contributed by atoms with Gasteiger partial charge in [0.15, 0.2) is 5.82 Å². The van der Waals surface area contributed by atoms with Crippen LogP contribution in [0.1, 0.15) is 60.4 Å². The van der Waals surface area contributed by atoms with Crippen LogP contribution in [-0.2, 0) is 12.8 Å². The number of fused-ring (bicyclic) bond motifs is 1. The van der Waals surface area contributed by atoms with Crippen LogP contribution in [0.15, 0.2) is 28.9 Å². The maximum Gasteiger partial charge on any atom is 0.256 e. The Kier molecular flexibility index (Phi) is 4.03. The van der Waals surface area contributed by atoms with Gasteiger partial charge in [-0.05, 0) is 24.8 Å². The lowest BCUT2D eigenvalue weighted by Crippen LogP contribution is -2.31. The zero-order valence-corrected chi connectivity index (χ0v) is 14.6. The van der Waals surface area contributed by atoms with Gasteiger partial charge in [-0.3, -0.25) is 4.79 Å². The number of nitrogens with one attached hydrogen (secondary N) is 1. The molecule has 1 aromatic carbocycles. The van der Waals surface area contributed by atoms with E-state index in [-0.39, 0.29) is 11.9 Å². The Balaban J connectivity index is 1.68. The quantitative estimate of drug-likeness (QED) is 0.788. The molecule has 1 atom stereocenters. The van der Waals surface area contributed by atoms with Crippen molar-refractivity contribution >= 4 is 16.8 Å². The monoisotopic (exact) mass is 338 g/mol. The Morgan fingerprint density at radius 3 is 3.00 bits per heavy atom. The largest absolute Gasteiger partial charge is 0.360 e. The van der Waals surface area contributed by atoms with Gasteiger partial charge < -0.3 is 14.4 Å². The smallest absolute Gasteiger partial charge is 0.256 e. The van der Waals surface area contributed by atoms with E-state index in [4.69, 9.17) is 4.52 Å². The summed E-state index contributed by atoms with van der Waals surface area (Å²) in [6.45, 7) is 4.82. The second-order valence-electron chi connectivity index (χ2n) is 6.45. The molecule has 0 bridgehead atoms. The maximum absolute atomic E-state index is 13.2. The Morgan fingerprint density at radius 2 is 2.24 bits per heavy atom. The number of para-hydroxylation sites is 1. The highest BCUT2D eigenvalue weighted by Gasteiger charge is 2.34. The van der Waals surface area contributed by atoms with Crippen LogP contribution in [0.4, 0.5) is 0 Å². The second-order valence-corrected chi connectivity index (χ2v) is 6.45. The van der Waals surface area contributed by atoms with Crippen LogP contribution < -0.4 is 0 Å². The minimum absolute atomic E-state index is 0.0323. The van der Waals surface area contributed by atoms with Crippen LogP contribution >= 0.6 is 0 Å². The second kappa shape index (κ2) is 6.35. The normalized spacial score (nSPS) is 17.5. The SMILES string of the molecule is CCc1nc([C@@H]2CCCN2C(=O)c2c[nH]c3c(CC)cccc23)no1. The maximum atomic E-state index is 13.2. The average Bonchev–Trinajstić information content (AvgIpc) is 3.38. The van der Waals surface area contributed by atoms with Crippen LogP contribution in [0.3, 0.4) is 0 Å². The molecule has 0 spiro atoms. The number of aromatic nitrogens is 3. The van der Waals surface area contributed by atoms with Gasteiger partial charge in [0, 0.05) is 30.1 Å². The molecule has 6 heteroatoms. The van der Waals surface area contributed by atoms with Gasteiger partial charge in [-0.2, -0.15) is 4.98 Å². The Morgan fingerprint density at radius 1 is 1.36 bits per heavy atom. The lowest BCUT2D eigenvalue weighted by atomic mass is 10.1. The third-order valence-electron chi connectivity index (χ3n) is 5.01. The van der Waals surface area contributed by atoms with Crippen molar-refractivity contribution in [1.82, 2.24) is 20.0 Å². The van der Waals surface area contributed by atoms with E-state index in [2.05, 4.69) is 28.1 Å². The van der Waals surface area contributed by atoms with E-state index in [1.165, 1.54) is 5.56 Å². The number of carbonyl (C=O) groups excluding carboxylic acids is 1. The lowest BCUT2D eigenvalue weighted by molar-refractivity contribution is 0.0730. The highest BCUT2D eigenvalue weighted by Crippen LogP contribution is 2.33. The van der Waals surface area contributed by atoms with E-state index < -0.39 is 0 Å². The van der Waals surface area contributed by atoms with Crippen molar-refractivity contribution in [2.45, 2.75) is 45.6 Å². The van der Waals surface area contributed by atoms with Crippen molar-refractivity contribution in [1.29, 1.82) is 0 Å². The van der Waals surface area contributed by atoms with Crippen molar-refractivity contribution in [3.05, 3.63) is 47.2 Å². The van der Waals surface area contributed by atoms with Crippen molar-refractivity contribution < 1.29 is 9.32 Å². The molecule has 1 saturated heterocycles. The summed E-state index contributed by atoms with van der Waals surface area (Å²) in [5, 5.41) is 5.07. The van der Waals surface area contributed by atoms with Crippen LogP contribution in [0, 0.1) is 0 Å². The lowest BCUT2D eigenvalue weighted by Gasteiger charge is -2.22. The fourth-order valence-corrected chi connectivity index (χ4v) is 3.67. The standard InChI is InChI=1S/C19H22N4O2/c1-3-12-7-5-8-13-14(11-20-17(12)13)19(24)23-10-6-9-15(23)18-21-16(4-2)25-22-18/h5,7-8,11,15,20H,3-4,6,9-10H2,1-2H3/t15-/m0/s1. The van der Waals surface area contributed by atoms with Gasteiger partial charge in [-0.25, -0.2) is 0 Å². The highest BCUT2D eigenvalue weighted by atomic mass is 16.5. The predicted molar refractivity (Wildman–Crippen MR) is 94.4 cm³/mol. The van der Waals surface area contributed by atoms with Crippen molar-refractivity contribution in [2.75, 3.05) is 6.54 Å². The number of hydrogen-bond acceptors (Lipinski definition) is 4. The summed E-state index contributed by atoms with van der Waals surface area (Å²) < 4.78 is 5.24. The molecule has 1 aliphatic rings. The van der Waals surface area contributed by atoms with Crippen LogP contribution in [0.5, 0.6) is 0 Å². The Bertz CT molecular complexity index is 911. The van der Waals surface area contributed by atoms with Gasteiger partial charge in [-0.15, -0.1) is 0 Å². The number of aromatic amines is 1. The number of amides is 1. The first-order valence-corrected chi connectivity index (χ1v) is 8.95. The molecule has 4 rings (SSSR count). The van der Waals surface area contributed by atoms with Gasteiger partial charge in [0.1, 0.15) is 0 Å². The van der Waals surface area contributed by atoms with E-state index >= 15 is 0 Å². The summed E-state index contributed by atoms with van der Waals surface area (Å²) in [6.07, 6.45) is 5.29. The van der Waals surface area contributed by atoms with E-state index in [1.807, 2.05) is 30.2 Å². The van der Waals surface area contributed by atoms with Crippen molar-refractivity contribution in [3.63, 3.8) is 0 Å². The third-order valence-corrected chi connectivity index (χ3v) is 5.01. The Hall–Kier alpha value is -2.63. The summed E-state index contributed by atoms with van der Waals surface area (Å²) in [5.41, 5.74) is 2.99. The Labute approximate surface area is 146 Å². The minimum Gasteiger partial charge on any atom is -0.360 e. The molecule has 130 valence electrons. The number of hydrogen-bond donors (Lipinski definition) is 1. The first-order chi connectivity index (χ1) is 12.2. The molecule has 0 aliphatic carbocycles. The molecule has 3 heterocycles. The molecule has 6 nitrogen and oxygen atoms in total. The van der Waals surface area contributed by atoms with Gasteiger partial charge in [0.25, 0.3) is 5.91 Å². The number of carbonyl (C=O) groups is 1. The molecule has 3 aromatic rings. The molecule has 0 unspecified atom stereocenters. The fraction of sp³-hybridized carbons (Fsp3) is 0.421. The summed E-state index contributed by atoms with van der Waals surface area (Å²) in [4.78, 5) is 22.8. The summed E-state index contributed by atoms with van der Waals surface area (Å²) in [7, 11) is 0. The third kappa shape index (κ3) is 2.62. The van der Waals surface area contributed by atoms with Crippen molar-refractivity contribution in [2.24, 2.45) is 0 Å². The molecule has 0 radical (unpaired) electrons. The summed E-state index contributed by atoms with van der Waals surface area (Å²) in [6, 6.07) is 6.01. The predicted octanol–water partition coefficient (Wildman–Crippen LogP) is 3.65. The topological polar surface area (TPSA) is 75.0 Å². The van der Waals surface area contributed by atoms with E-state index in [0.29, 0.717) is 18.1 Å². The van der Waals surface area contributed by atoms with Crippen molar-refractivity contribution in [3.8, 4) is 0 Å². The number of aryl methyl sites for hydroxylation is 2. The first-order valence-electron chi connectivity index (χ1n) is 8.95. The number of nitrogens with zero attached hydrogens (tertiary/aromatic N) is 3. The number of likely N-dealkylation sites (tertiary alicyclic amines) is 1. The molecule has 1 N–H and O–H groups in total. The fourth-order valence-electron chi connectivity index (χ4n) is 3.67. The highest BCUT2D eigenvalue weighted by molar-refractivity contribution is 6.07. The van der Waals surface area contributed by atoms with Crippen LogP contribution in [-0.4, -0.2) is 32.5 Å². The molecule has 1 amide bonds. The zero-order chi connectivity index (χ0) is 17.4. The van der Waals surface area contributed by atoms with Crippen LogP contribution in [0.25, 0.3) is 10.9 Å². The number of rotatable bonds is 4. The first kappa shape index (κ1) is 15.9.